The molecule has 0 aliphatic carbocycles. The molecule has 6 heteroatoms. The van der Waals surface area contributed by atoms with Crippen molar-refractivity contribution in [1.29, 1.82) is 0 Å². The summed E-state index contributed by atoms with van der Waals surface area (Å²) in [7, 11) is 1.61. The first-order valence-corrected chi connectivity index (χ1v) is 5.95. The van der Waals surface area contributed by atoms with Crippen LogP contribution in [0.25, 0.3) is 10.8 Å². The molecule has 0 unspecified atom stereocenters. The highest BCUT2D eigenvalue weighted by Crippen LogP contribution is 2.22. The summed E-state index contributed by atoms with van der Waals surface area (Å²) in [5.41, 5.74) is 3.85. The number of aliphatic carboxylic acids is 2. The molecule has 0 spiro atoms. The Morgan fingerprint density at radius 2 is 1.57 bits per heavy atom. The molecule has 0 aromatic heterocycles. The van der Waals surface area contributed by atoms with E-state index in [1.807, 2.05) is 24.3 Å². The molecular formula is C15H15NO5. The van der Waals surface area contributed by atoms with Gasteiger partial charge in [0, 0.05) is 17.5 Å². The standard InChI is InChI=1S/C11H11NO.C4H4O4/c1-13-12-11-8-4-6-9-5-2-3-7-10(9)11;5-3(6)1-2-4(7)8/h2-8,12H,1H3;1-2H,(H,5,6)(H,7,8)/b;2-1+. The highest BCUT2D eigenvalue weighted by molar-refractivity contribution is 5.93. The van der Waals surface area contributed by atoms with Gasteiger partial charge in [0.1, 0.15) is 0 Å². The van der Waals surface area contributed by atoms with Crippen LogP contribution in [0.3, 0.4) is 0 Å². The molecule has 6 nitrogen and oxygen atoms in total. The van der Waals surface area contributed by atoms with Gasteiger partial charge in [0.25, 0.3) is 0 Å². The van der Waals surface area contributed by atoms with Crippen molar-refractivity contribution < 1.29 is 24.6 Å². The van der Waals surface area contributed by atoms with Crippen LogP contribution in [0, 0.1) is 0 Å². The van der Waals surface area contributed by atoms with Gasteiger partial charge in [-0.3, -0.25) is 10.3 Å². The van der Waals surface area contributed by atoms with Crippen LogP contribution in [-0.2, 0) is 14.4 Å². The van der Waals surface area contributed by atoms with E-state index in [1.54, 1.807) is 7.11 Å². The lowest BCUT2D eigenvalue weighted by molar-refractivity contribution is -0.134. The number of hydrogen-bond donors (Lipinski definition) is 3. The number of hydrogen-bond acceptors (Lipinski definition) is 4. The Morgan fingerprint density at radius 1 is 1.00 bits per heavy atom. The van der Waals surface area contributed by atoms with E-state index in [1.165, 1.54) is 10.8 Å². The molecule has 0 amide bonds. The van der Waals surface area contributed by atoms with Gasteiger partial charge in [0.15, 0.2) is 0 Å². The molecule has 21 heavy (non-hydrogen) atoms. The number of rotatable bonds is 4. The van der Waals surface area contributed by atoms with Gasteiger partial charge in [-0.15, -0.1) is 0 Å². The van der Waals surface area contributed by atoms with Gasteiger partial charge in [0.05, 0.1) is 12.8 Å². The molecule has 0 atom stereocenters. The van der Waals surface area contributed by atoms with E-state index in [4.69, 9.17) is 15.1 Å². The van der Waals surface area contributed by atoms with E-state index in [2.05, 4.69) is 23.7 Å². The van der Waals surface area contributed by atoms with Gasteiger partial charge in [-0.05, 0) is 11.5 Å². The second kappa shape index (κ2) is 8.34. The number of carboxylic acids is 2. The molecule has 110 valence electrons. The second-order valence-corrected chi connectivity index (χ2v) is 3.84. The first-order chi connectivity index (χ1) is 10.0. The zero-order valence-electron chi connectivity index (χ0n) is 11.3. The zero-order valence-corrected chi connectivity index (χ0v) is 11.3. The van der Waals surface area contributed by atoms with Crippen LogP contribution in [0.4, 0.5) is 5.69 Å². The average Bonchev–Trinajstić information content (AvgIpc) is 2.47. The van der Waals surface area contributed by atoms with Crippen molar-refractivity contribution in [3.8, 4) is 0 Å². The maximum absolute atomic E-state index is 9.55. The largest absolute Gasteiger partial charge is 0.478 e. The summed E-state index contributed by atoms with van der Waals surface area (Å²) in [5, 5.41) is 18.0. The Morgan fingerprint density at radius 3 is 2.14 bits per heavy atom. The summed E-state index contributed by atoms with van der Waals surface area (Å²) in [6.07, 6.45) is 1.12. The average molecular weight is 289 g/mol. The molecule has 0 saturated carbocycles. The van der Waals surface area contributed by atoms with Crippen LogP contribution < -0.4 is 5.48 Å². The molecule has 0 bridgehead atoms. The summed E-state index contributed by atoms with van der Waals surface area (Å²) in [6.45, 7) is 0. The summed E-state index contributed by atoms with van der Waals surface area (Å²) in [5.74, 6) is -2.51. The third kappa shape index (κ3) is 5.75. The van der Waals surface area contributed by atoms with Gasteiger partial charge < -0.3 is 10.2 Å². The number of carboxylic acid groups (broad SMARTS) is 2. The quantitative estimate of drug-likeness (QED) is 0.591. The number of fused-ring (bicyclic) bond motifs is 1. The lowest BCUT2D eigenvalue weighted by Crippen LogP contribution is -1.95. The molecule has 2 rings (SSSR count). The maximum Gasteiger partial charge on any atom is 0.328 e. The number of carbonyl (C=O) groups is 2. The second-order valence-electron chi connectivity index (χ2n) is 3.84. The van der Waals surface area contributed by atoms with Crippen molar-refractivity contribution >= 4 is 28.4 Å². The van der Waals surface area contributed by atoms with E-state index in [9.17, 15) is 9.59 Å². The number of anilines is 1. The van der Waals surface area contributed by atoms with Crippen molar-refractivity contribution in [2.24, 2.45) is 0 Å². The topological polar surface area (TPSA) is 95.9 Å². The van der Waals surface area contributed by atoms with Gasteiger partial charge in [0.2, 0.25) is 0 Å². The minimum absolute atomic E-state index is 0.558. The zero-order chi connectivity index (χ0) is 15.7. The lowest BCUT2D eigenvalue weighted by Gasteiger charge is -2.06. The third-order valence-electron chi connectivity index (χ3n) is 2.37. The number of nitrogens with one attached hydrogen (secondary N) is 1. The minimum Gasteiger partial charge on any atom is -0.478 e. The van der Waals surface area contributed by atoms with E-state index in [0.717, 1.165) is 5.69 Å². The summed E-state index contributed by atoms with van der Waals surface area (Å²) in [6, 6.07) is 14.3. The minimum atomic E-state index is -1.26. The van der Waals surface area contributed by atoms with Crippen molar-refractivity contribution in [2.75, 3.05) is 12.6 Å². The molecule has 0 fully saturated rings. The van der Waals surface area contributed by atoms with E-state index >= 15 is 0 Å². The van der Waals surface area contributed by atoms with Gasteiger partial charge in [-0.2, -0.15) is 0 Å². The molecule has 0 heterocycles. The first kappa shape index (κ1) is 16.2. The van der Waals surface area contributed by atoms with E-state index < -0.39 is 11.9 Å². The van der Waals surface area contributed by atoms with Crippen molar-refractivity contribution in [3.05, 3.63) is 54.6 Å². The summed E-state index contributed by atoms with van der Waals surface area (Å²) >= 11 is 0. The van der Waals surface area contributed by atoms with Crippen molar-refractivity contribution in [1.82, 2.24) is 0 Å². The fourth-order valence-corrected chi connectivity index (χ4v) is 1.57. The van der Waals surface area contributed by atoms with Crippen LogP contribution in [0.15, 0.2) is 54.6 Å². The molecule has 2 aromatic rings. The van der Waals surface area contributed by atoms with Gasteiger partial charge >= 0.3 is 11.9 Å². The summed E-state index contributed by atoms with van der Waals surface area (Å²) < 4.78 is 0. The Labute approximate surface area is 121 Å². The predicted octanol–water partition coefficient (Wildman–Crippen LogP) is 2.52. The van der Waals surface area contributed by atoms with E-state index in [0.29, 0.717) is 12.2 Å². The van der Waals surface area contributed by atoms with Gasteiger partial charge in [-0.1, -0.05) is 36.4 Å². The molecule has 0 aliphatic heterocycles. The molecule has 0 radical (unpaired) electrons. The van der Waals surface area contributed by atoms with Gasteiger partial charge in [-0.25, -0.2) is 9.59 Å². The van der Waals surface area contributed by atoms with E-state index in [-0.39, 0.29) is 0 Å². The summed E-state index contributed by atoms with van der Waals surface area (Å²) in [4.78, 5) is 24.0. The smallest absolute Gasteiger partial charge is 0.328 e. The van der Waals surface area contributed by atoms with Crippen LogP contribution in [0.2, 0.25) is 0 Å². The fraction of sp³-hybridized carbons (Fsp3) is 0.0667. The highest BCUT2D eigenvalue weighted by atomic mass is 16.6. The molecule has 2 aromatic carbocycles. The predicted molar refractivity (Wildman–Crippen MR) is 79.0 cm³/mol. The van der Waals surface area contributed by atoms with Crippen LogP contribution in [0.5, 0.6) is 0 Å². The Kier molecular flexibility index (Phi) is 6.43. The SMILES string of the molecule is CONc1cccc2ccccc12.O=C(O)/C=C/C(=O)O. The first-order valence-electron chi connectivity index (χ1n) is 5.95. The number of benzene rings is 2. The van der Waals surface area contributed by atoms with Crippen LogP contribution in [-0.4, -0.2) is 29.3 Å². The molecule has 0 saturated heterocycles. The normalized spacial score (nSPS) is 9.95. The molecular weight excluding hydrogens is 274 g/mol. The third-order valence-corrected chi connectivity index (χ3v) is 2.37. The fourth-order valence-electron chi connectivity index (χ4n) is 1.57. The lowest BCUT2D eigenvalue weighted by atomic mass is 10.1. The van der Waals surface area contributed by atoms with Crippen LogP contribution in [0.1, 0.15) is 0 Å². The van der Waals surface area contributed by atoms with Crippen LogP contribution >= 0.6 is 0 Å². The Bertz CT molecular complexity index is 630. The Hall–Kier alpha value is -2.86. The van der Waals surface area contributed by atoms with Crippen molar-refractivity contribution in [2.45, 2.75) is 0 Å². The Balaban J connectivity index is 0.000000240. The van der Waals surface area contributed by atoms with Crippen molar-refractivity contribution in [3.63, 3.8) is 0 Å². The monoisotopic (exact) mass is 289 g/mol. The highest BCUT2D eigenvalue weighted by Gasteiger charge is 1.97. The maximum atomic E-state index is 9.55. The molecule has 0 aliphatic rings. The molecule has 3 N–H and O–H groups in total.